The lowest BCUT2D eigenvalue weighted by Gasteiger charge is -2.09. The third kappa shape index (κ3) is 2.57. The molecule has 1 unspecified atom stereocenters. The Morgan fingerprint density at radius 2 is 2.26 bits per heavy atom. The van der Waals surface area contributed by atoms with Crippen molar-refractivity contribution >= 4 is 23.1 Å². The number of rotatable bonds is 3. The molecule has 0 radical (unpaired) electrons. The largest absolute Gasteiger partial charge is 0.333 e. The van der Waals surface area contributed by atoms with Crippen molar-refractivity contribution in [3.05, 3.63) is 22.3 Å². The lowest BCUT2D eigenvalue weighted by molar-refractivity contribution is 0.400. The molecule has 0 spiro atoms. The molecule has 1 atom stereocenters. The maximum atomic E-state index is 6.04. The molecule has 0 saturated carbocycles. The van der Waals surface area contributed by atoms with Gasteiger partial charge in [0.15, 0.2) is 5.82 Å². The predicted molar refractivity (Wildman–Crippen MR) is 79.2 cm³/mol. The Labute approximate surface area is 120 Å². The molecule has 0 saturated heterocycles. The fourth-order valence-electron chi connectivity index (χ4n) is 2.02. The lowest BCUT2D eigenvalue weighted by atomic mass is 10.1. The van der Waals surface area contributed by atoms with Crippen molar-refractivity contribution in [3.8, 4) is 10.8 Å². The van der Waals surface area contributed by atoms with Crippen molar-refractivity contribution in [2.24, 2.45) is 11.7 Å². The molecule has 1 aliphatic heterocycles. The molecule has 2 aromatic rings. The van der Waals surface area contributed by atoms with Gasteiger partial charge in [-0.3, -0.25) is 0 Å². The molecule has 3 heterocycles. The van der Waals surface area contributed by atoms with Crippen LogP contribution in [0.1, 0.15) is 36.2 Å². The van der Waals surface area contributed by atoms with E-state index in [1.165, 1.54) is 16.2 Å². The zero-order valence-corrected chi connectivity index (χ0v) is 12.7. The van der Waals surface area contributed by atoms with Crippen LogP contribution in [0.3, 0.4) is 0 Å². The van der Waals surface area contributed by atoms with Crippen molar-refractivity contribution in [1.82, 2.24) is 10.1 Å². The minimum Gasteiger partial charge on any atom is -0.333 e. The van der Waals surface area contributed by atoms with Crippen LogP contribution in [0.4, 0.5) is 0 Å². The number of hydrogen-bond acceptors (Lipinski definition) is 6. The van der Waals surface area contributed by atoms with Gasteiger partial charge in [0.1, 0.15) is 0 Å². The molecule has 0 bridgehead atoms. The van der Waals surface area contributed by atoms with Crippen LogP contribution in [0.5, 0.6) is 0 Å². The van der Waals surface area contributed by atoms with E-state index in [9.17, 15) is 0 Å². The normalized spacial score (nSPS) is 16.6. The number of thioether (sulfide) groups is 1. The summed E-state index contributed by atoms with van der Waals surface area (Å²) in [7, 11) is 0. The number of aryl methyl sites for hydroxylation is 1. The summed E-state index contributed by atoms with van der Waals surface area (Å²) in [6, 6.07) is 2.02. The molecule has 1 aliphatic rings. The quantitative estimate of drug-likeness (QED) is 0.941. The molecular weight excluding hydrogens is 278 g/mol. The van der Waals surface area contributed by atoms with E-state index in [1.54, 1.807) is 11.3 Å². The van der Waals surface area contributed by atoms with Crippen LogP contribution in [0.25, 0.3) is 10.8 Å². The first-order chi connectivity index (χ1) is 9.15. The minimum absolute atomic E-state index is 0.164. The Balaban J connectivity index is 1.88. The molecule has 6 heteroatoms. The number of fused-ring (bicyclic) bond motifs is 1. The van der Waals surface area contributed by atoms with Gasteiger partial charge in [-0.15, -0.1) is 11.3 Å². The van der Waals surface area contributed by atoms with Gasteiger partial charge in [-0.05, 0) is 29.7 Å². The van der Waals surface area contributed by atoms with E-state index < -0.39 is 0 Å². The number of hydrogen-bond donors (Lipinski definition) is 1. The van der Waals surface area contributed by atoms with E-state index in [4.69, 9.17) is 10.3 Å². The van der Waals surface area contributed by atoms with Crippen LogP contribution >= 0.6 is 23.1 Å². The minimum atomic E-state index is -0.164. The van der Waals surface area contributed by atoms with Crippen LogP contribution in [0, 0.1) is 5.92 Å². The summed E-state index contributed by atoms with van der Waals surface area (Å²) in [5, 5.41) is 4.01. The molecule has 19 heavy (non-hydrogen) atoms. The van der Waals surface area contributed by atoms with Gasteiger partial charge < -0.3 is 10.3 Å². The van der Waals surface area contributed by atoms with Crippen molar-refractivity contribution in [3.63, 3.8) is 0 Å². The van der Waals surface area contributed by atoms with Crippen molar-refractivity contribution in [2.45, 2.75) is 32.1 Å². The van der Waals surface area contributed by atoms with E-state index in [1.807, 2.05) is 11.8 Å². The fraction of sp³-hybridized carbons (Fsp3) is 0.538. The topological polar surface area (TPSA) is 64.9 Å². The standard InChI is InChI=1S/C13H17N3OS2/c1-7(2)11(14)12-15-13(17-16-12)10-5-8-6-18-4-3-9(8)19-10/h5,7,11H,3-4,6,14H2,1-2H3. The Morgan fingerprint density at radius 1 is 1.42 bits per heavy atom. The first-order valence-corrected chi connectivity index (χ1v) is 8.41. The van der Waals surface area contributed by atoms with Crippen LogP contribution in [-0.2, 0) is 12.2 Å². The molecular formula is C13H17N3OS2. The third-order valence-corrected chi connectivity index (χ3v) is 5.53. The molecule has 0 fully saturated rings. The smallest absolute Gasteiger partial charge is 0.268 e. The highest BCUT2D eigenvalue weighted by molar-refractivity contribution is 7.98. The Hall–Kier alpha value is -0.850. The van der Waals surface area contributed by atoms with E-state index in [2.05, 4.69) is 30.1 Å². The van der Waals surface area contributed by atoms with Gasteiger partial charge in [-0.1, -0.05) is 19.0 Å². The number of nitrogens with zero attached hydrogens (tertiary/aromatic N) is 2. The molecule has 102 valence electrons. The molecule has 2 aromatic heterocycles. The fourth-order valence-corrected chi connectivity index (χ4v) is 4.32. The van der Waals surface area contributed by atoms with E-state index >= 15 is 0 Å². The van der Waals surface area contributed by atoms with Crippen LogP contribution in [0.15, 0.2) is 10.6 Å². The van der Waals surface area contributed by atoms with Gasteiger partial charge in [-0.25, -0.2) is 0 Å². The average molecular weight is 295 g/mol. The second-order valence-corrected chi connectivity index (χ2v) is 7.33. The highest BCUT2D eigenvalue weighted by Gasteiger charge is 2.21. The first kappa shape index (κ1) is 13.1. The van der Waals surface area contributed by atoms with Gasteiger partial charge in [0, 0.05) is 10.6 Å². The Morgan fingerprint density at radius 3 is 3.00 bits per heavy atom. The average Bonchev–Trinajstić information content (AvgIpc) is 3.03. The monoisotopic (exact) mass is 295 g/mol. The highest BCUT2D eigenvalue weighted by Crippen LogP contribution is 2.36. The third-order valence-electron chi connectivity index (χ3n) is 3.30. The second kappa shape index (κ2) is 5.26. The lowest BCUT2D eigenvalue weighted by Crippen LogP contribution is -2.18. The SMILES string of the molecule is CC(C)C(N)c1noc(-c2cc3c(s2)CCSC3)n1. The van der Waals surface area contributed by atoms with Crippen molar-refractivity contribution in [2.75, 3.05) is 5.75 Å². The van der Waals surface area contributed by atoms with Crippen LogP contribution in [-0.4, -0.2) is 15.9 Å². The van der Waals surface area contributed by atoms with E-state index in [-0.39, 0.29) is 6.04 Å². The summed E-state index contributed by atoms with van der Waals surface area (Å²) in [6.45, 7) is 4.11. The molecule has 0 amide bonds. The zero-order valence-electron chi connectivity index (χ0n) is 11.0. The van der Waals surface area contributed by atoms with Gasteiger partial charge >= 0.3 is 0 Å². The van der Waals surface area contributed by atoms with Crippen LogP contribution in [0.2, 0.25) is 0 Å². The number of thiophene rings is 1. The van der Waals surface area contributed by atoms with Crippen LogP contribution < -0.4 is 5.73 Å². The zero-order chi connectivity index (χ0) is 13.4. The molecule has 3 rings (SSSR count). The van der Waals surface area contributed by atoms with Gasteiger partial charge in [0.05, 0.1) is 10.9 Å². The first-order valence-electron chi connectivity index (χ1n) is 6.44. The summed E-state index contributed by atoms with van der Waals surface area (Å²) in [5.41, 5.74) is 7.46. The maximum absolute atomic E-state index is 6.04. The predicted octanol–water partition coefficient (Wildman–Crippen LogP) is 3.24. The van der Waals surface area contributed by atoms with E-state index in [0.29, 0.717) is 17.6 Å². The maximum Gasteiger partial charge on any atom is 0.268 e. The summed E-state index contributed by atoms with van der Waals surface area (Å²) >= 11 is 3.75. The molecule has 2 N–H and O–H groups in total. The summed E-state index contributed by atoms with van der Waals surface area (Å²) < 4.78 is 5.36. The molecule has 0 aromatic carbocycles. The Bertz CT molecular complexity index is 553. The molecule has 0 aliphatic carbocycles. The van der Waals surface area contributed by atoms with Crippen molar-refractivity contribution in [1.29, 1.82) is 0 Å². The second-order valence-electron chi connectivity index (χ2n) is 5.09. The van der Waals surface area contributed by atoms with Gasteiger partial charge in [0.2, 0.25) is 0 Å². The van der Waals surface area contributed by atoms with Gasteiger partial charge in [0.25, 0.3) is 5.89 Å². The summed E-state index contributed by atoms with van der Waals surface area (Å²) in [5.74, 6) is 3.82. The highest BCUT2D eigenvalue weighted by atomic mass is 32.2. The van der Waals surface area contributed by atoms with Gasteiger partial charge in [-0.2, -0.15) is 16.7 Å². The Kier molecular flexibility index (Phi) is 3.64. The summed E-state index contributed by atoms with van der Waals surface area (Å²) in [4.78, 5) is 6.98. The summed E-state index contributed by atoms with van der Waals surface area (Å²) in [6.07, 6.45) is 1.15. The van der Waals surface area contributed by atoms with E-state index in [0.717, 1.165) is 17.1 Å². The molecule has 4 nitrogen and oxygen atoms in total. The number of aromatic nitrogens is 2. The number of nitrogens with two attached hydrogens (primary N) is 1. The van der Waals surface area contributed by atoms with Crippen molar-refractivity contribution < 1.29 is 4.52 Å².